The molecule has 2 aromatic rings. The average Bonchev–Trinajstić information content (AvgIpc) is 2.93. The Bertz CT molecular complexity index is 1070. The smallest absolute Gasteiger partial charge is 0.257 e. The van der Waals surface area contributed by atoms with Crippen molar-refractivity contribution < 1.29 is 13.2 Å². The third-order valence-corrected chi connectivity index (χ3v) is 6.88. The van der Waals surface area contributed by atoms with Crippen molar-refractivity contribution in [3.05, 3.63) is 52.5 Å². The fraction of sp³-hybridized carbons (Fsp3) is 0.176. The third-order valence-electron chi connectivity index (χ3n) is 4.16. The molecule has 0 saturated heterocycles. The van der Waals surface area contributed by atoms with Crippen molar-refractivity contribution >= 4 is 55.8 Å². The second-order valence-corrected chi connectivity index (χ2v) is 9.19. The first-order chi connectivity index (χ1) is 12.3. The van der Waals surface area contributed by atoms with Gasteiger partial charge in [0.05, 0.1) is 11.4 Å². The minimum atomic E-state index is -3.40. The number of carbonyl (C=O) groups is 1. The molecule has 0 unspecified atom stereocenters. The molecule has 2 aromatic carbocycles. The number of carbonyl (C=O) groups excluding carboxylic acids is 1. The van der Waals surface area contributed by atoms with Crippen LogP contribution in [-0.2, 0) is 10.0 Å². The lowest BCUT2D eigenvalue weighted by Crippen LogP contribution is -2.35. The number of halogens is 1. The maximum atomic E-state index is 12.5. The van der Waals surface area contributed by atoms with Gasteiger partial charge in [-0.05, 0) is 54.6 Å². The van der Waals surface area contributed by atoms with Crippen molar-refractivity contribution in [1.82, 2.24) is 0 Å². The zero-order valence-corrected chi connectivity index (χ0v) is 16.1. The van der Waals surface area contributed by atoms with Gasteiger partial charge in [-0.2, -0.15) is 0 Å². The first-order valence-electron chi connectivity index (χ1n) is 7.82. The van der Waals surface area contributed by atoms with E-state index in [0.29, 0.717) is 28.0 Å². The number of amidine groups is 1. The van der Waals surface area contributed by atoms with Gasteiger partial charge in [-0.3, -0.25) is 4.79 Å². The molecule has 0 aromatic heterocycles. The van der Waals surface area contributed by atoms with Crippen molar-refractivity contribution in [2.24, 2.45) is 4.40 Å². The Kier molecular flexibility index (Phi) is 4.21. The van der Waals surface area contributed by atoms with E-state index in [1.807, 2.05) is 24.0 Å². The van der Waals surface area contributed by atoms with E-state index in [0.717, 1.165) is 16.1 Å². The second kappa shape index (κ2) is 6.29. The number of anilines is 2. The van der Waals surface area contributed by atoms with E-state index in [4.69, 9.17) is 11.6 Å². The molecule has 0 saturated carbocycles. The molecule has 0 spiro atoms. The van der Waals surface area contributed by atoms with E-state index < -0.39 is 10.0 Å². The largest absolute Gasteiger partial charge is 0.322 e. The summed E-state index contributed by atoms with van der Waals surface area (Å²) in [5, 5.41) is 3.85. The molecule has 26 heavy (non-hydrogen) atoms. The van der Waals surface area contributed by atoms with E-state index in [1.165, 1.54) is 11.8 Å². The summed E-state index contributed by atoms with van der Waals surface area (Å²) in [6.45, 7) is 2.26. The number of thioether (sulfide) groups is 1. The topological polar surface area (TPSA) is 78.8 Å². The number of fused-ring (bicyclic) bond motifs is 3. The van der Waals surface area contributed by atoms with Gasteiger partial charge in [0.25, 0.3) is 15.9 Å². The zero-order chi connectivity index (χ0) is 18.5. The predicted octanol–water partition coefficient (Wildman–Crippen LogP) is 3.51. The minimum Gasteiger partial charge on any atom is -0.322 e. The highest BCUT2D eigenvalue weighted by molar-refractivity contribution is 8.15. The number of rotatable bonds is 2. The SMILES string of the molecule is Cc1ccc(NC(=O)c2ccc3c(c2)SC2=NS(=O)(=O)CCN23)cc1Cl. The number of nitrogens with one attached hydrogen (secondary N) is 1. The summed E-state index contributed by atoms with van der Waals surface area (Å²) < 4.78 is 27.2. The van der Waals surface area contributed by atoms with Gasteiger partial charge in [-0.1, -0.05) is 17.7 Å². The molecule has 4 rings (SSSR count). The molecule has 134 valence electrons. The van der Waals surface area contributed by atoms with Gasteiger partial charge in [0.15, 0.2) is 5.17 Å². The first-order valence-corrected chi connectivity index (χ1v) is 10.6. The normalized spacial score (nSPS) is 17.3. The molecular weight excluding hydrogens is 394 g/mol. The van der Waals surface area contributed by atoms with Gasteiger partial charge in [-0.15, -0.1) is 4.40 Å². The number of nitrogens with zero attached hydrogens (tertiary/aromatic N) is 2. The molecule has 0 radical (unpaired) electrons. The molecule has 0 atom stereocenters. The summed E-state index contributed by atoms with van der Waals surface area (Å²) in [5.41, 5.74) is 2.91. The maximum absolute atomic E-state index is 12.5. The van der Waals surface area contributed by atoms with Gasteiger partial charge < -0.3 is 10.2 Å². The van der Waals surface area contributed by atoms with Crippen LogP contribution in [0.15, 0.2) is 45.7 Å². The number of hydrogen-bond acceptors (Lipinski definition) is 5. The van der Waals surface area contributed by atoms with E-state index in [2.05, 4.69) is 9.71 Å². The van der Waals surface area contributed by atoms with Crippen molar-refractivity contribution in [2.45, 2.75) is 11.8 Å². The van der Waals surface area contributed by atoms with E-state index in [9.17, 15) is 13.2 Å². The Labute approximate surface area is 160 Å². The van der Waals surface area contributed by atoms with Gasteiger partial charge in [0.2, 0.25) is 0 Å². The lowest BCUT2D eigenvalue weighted by molar-refractivity contribution is 0.102. The van der Waals surface area contributed by atoms with Crippen LogP contribution in [0, 0.1) is 6.92 Å². The Balaban J connectivity index is 1.59. The van der Waals surface area contributed by atoms with E-state index in [-0.39, 0.29) is 11.7 Å². The van der Waals surface area contributed by atoms with E-state index >= 15 is 0 Å². The van der Waals surface area contributed by atoms with Crippen LogP contribution in [0.3, 0.4) is 0 Å². The summed E-state index contributed by atoms with van der Waals surface area (Å²) >= 11 is 7.35. The summed E-state index contributed by atoms with van der Waals surface area (Å²) in [6.07, 6.45) is 0. The standard InChI is InChI=1S/C17H14ClN3O3S2/c1-10-2-4-12(9-13(10)18)19-16(22)11-3-5-14-15(8-11)25-17-20-26(23,24)7-6-21(14)17/h2-5,8-9H,6-7H2,1H3,(H,19,22). The summed E-state index contributed by atoms with van der Waals surface area (Å²) in [6, 6.07) is 10.6. The highest BCUT2D eigenvalue weighted by Crippen LogP contribution is 2.42. The predicted molar refractivity (Wildman–Crippen MR) is 105 cm³/mol. The summed E-state index contributed by atoms with van der Waals surface area (Å²) in [4.78, 5) is 15.2. The molecule has 1 N–H and O–H groups in total. The molecule has 0 bridgehead atoms. The summed E-state index contributed by atoms with van der Waals surface area (Å²) in [7, 11) is -3.40. The minimum absolute atomic E-state index is 0.00702. The lowest BCUT2D eigenvalue weighted by atomic mass is 10.1. The Hall–Kier alpha value is -2.03. The Morgan fingerprint density at radius 1 is 1.27 bits per heavy atom. The van der Waals surface area contributed by atoms with Gasteiger partial charge in [0.1, 0.15) is 0 Å². The van der Waals surface area contributed by atoms with Crippen LogP contribution >= 0.6 is 23.4 Å². The van der Waals surface area contributed by atoms with Crippen molar-refractivity contribution in [1.29, 1.82) is 0 Å². The monoisotopic (exact) mass is 407 g/mol. The molecule has 2 aliphatic rings. The number of hydrogen-bond donors (Lipinski definition) is 1. The van der Waals surface area contributed by atoms with Gasteiger partial charge in [-0.25, -0.2) is 8.42 Å². The van der Waals surface area contributed by atoms with Gasteiger partial charge in [0, 0.05) is 27.7 Å². The maximum Gasteiger partial charge on any atom is 0.257 e. The fourth-order valence-electron chi connectivity index (χ4n) is 2.75. The number of sulfonamides is 1. The molecule has 0 fully saturated rings. The quantitative estimate of drug-likeness (QED) is 0.824. The zero-order valence-electron chi connectivity index (χ0n) is 13.7. The number of amides is 1. The second-order valence-electron chi connectivity index (χ2n) is 6.01. The van der Waals surface area contributed by atoms with Crippen molar-refractivity contribution in [3.8, 4) is 0 Å². The molecule has 2 aliphatic heterocycles. The summed E-state index contributed by atoms with van der Waals surface area (Å²) in [5.74, 6) is -0.264. The molecule has 9 heteroatoms. The first kappa shape index (κ1) is 17.4. The van der Waals surface area contributed by atoms with Crippen LogP contribution in [0.1, 0.15) is 15.9 Å². The molecular formula is C17H14ClN3O3S2. The average molecular weight is 408 g/mol. The number of benzene rings is 2. The highest BCUT2D eigenvalue weighted by Gasteiger charge is 2.33. The third kappa shape index (κ3) is 3.20. The highest BCUT2D eigenvalue weighted by atomic mass is 35.5. The van der Waals surface area contributed by atoms with Crippen LogP contribution in [-0.4, -0.2) is 31.8 Å². The van der Waals surface area contributed by atoms with Crippen molar-refractivity contribution in [3.63, 3.8) is 0 Å². The van der Waals surface area contributed by atoms with Crippen LogP contribution in [0.25, 0.3) is 0 Å². The van der Waals surface area contributed by atoms with Crippen LogP contribution < -0.4 is 10.2 Å². The fourth-order valence-corrected chi connectivity index (χ4v) is 5.22. The van der Waals surface area contributed by atoms with Gasteiger partial charge >= 0.3 is 0 Å². The van der Waals surface area contributed by atoms with E-state index in [1.54, 1.807) is 24.3 Å². The lowest BCUT2D eigenvalue weighted by Gasteiger charge is -2.22. The molecule has 1 amide bonds. The van der Waals surface area contributed by atoms with Crippen LogP contribution in [0.5, 0.6) is 0 Å². The molecule has 6 nitrogen and oxygen atoms in total. The Morgan fingerprint density at radius 3 is 2.85 bits per heavy atom. The Morgan fingerprint density at radius 2 is 2.08 bits per heavy atom. The van der Waals surface area contributed by atoms with Crippen LogP contribution in [0.2, 0.25) is 5.02 Å². The molecule has 2 heterocycles. The van der Waals surface area contributed by atoms with Crippen LogP contribution in [0.4, 0.5) is 11.4 Å². The van der Waals surface area contributed by atoms with Crippen molar-refractivity contribution in [2.75, 3.05) is 22.5 Å². The molecule has 0 aliphatic carbocycles. The number of aryl methyl sites for hydroxylation is 1.